The van der Waals surface area contributed by atoms with Gasteiger partial charge in [0.1, 0.15) is 4.90 Å². The molecule has 0 radical (unpaired) electrons. The summed E-state index contributed by atoms with van der Waals surface area (Å²) in [6.07, 6.45) is 0.786. The second kappa shape index (κ2) is 6.32. The lowest BCUT2D eigenvalue weighted by molar-refractivity contribution is 0.290. The second-order valence-corrected chi connectivity index (χ2v) is 7.60. The van der Waals surface area contributed by atoms with E-state index in [0.29, 0.717) is 18.7 Å². The monoisotopic (exact) mass is 327 g/mol. The number of nitrogens with zero attached hydrogens (tertiary/aromatic N) is 3. The molecule has 1 fully saturated rings. The molecule has 5 nitrogen and oxygen atoms in total. The van der Waals surface area contributed by atoms with Crippen LogP contribution in [-0.2, 0) is 10.0 Å². The lowest BCUT2D eigenvalue weighted by Gasteiger charge is -2.27. The van der Waals surface area contributed by atoms with Crippen LogP contribution in [0.2, 0.25) is 5.02 Å². The van der Waals surface area contributed by atoms with Gasteiger partial charge in [0.25, 0.3) is 0 Å². The number of nitriles is 1. The van der Waals surface area contributed by atoms with Crippen LogP contribution in [0.5, 0.6) is 0 Å². The van der Waals surface area contributed by atoms with E-state index in [1.165, 1.54) is 22.5 Å². The van der Waals surface area contributed by atoms with Crippen LogP contribution in [-0.4, -0.2) is 50.3 Å². The van der Waals surface area contributed by atoms with Crippen LogP contribution in [0, 0.1) is 11.3 Å². The van der Waals surface area contributed by atoms with Gasteiger partial charge >= 0.3 is 0 Å². The Morgan fingerprint density at radius 2 is 2.10 bits per heavy atom. The van der Waals surface area contributed by atoms with Crippen molar-refractivity contribution in [2.24, 2.45) is 0 Å². The zero-order valence-electron chi connectivity index (χ0n) is 12.1. The van der Waals surface area contributed by atoms with Crippen molar-refractivity contribution in [2.75, 3.05) is 26.7 Å². The van der Waals surface area contributed by atoms with Crippen molar-refractivity contribution in [3.05, 3.63) is 28.8 Å². The number of likely N-dealkylation sites (N-methyl/N-ethyl adjacent to an activating group) is 1. The maximum Gasteiger partial charge on any atom is 0.244 e. The lowest BCUT2D eigenvalue weighted by atomic mass is 10.2. The van der Waals surface area contributed by atoms with Crippen molar-refractivity contribution in [1.29, 1.82) is 5.26 Å². The summed E-state index contributed by atoms with van der Waals surface area (Å²) < 4.78 is 27.1. The van der Waals surface area contributed by atoms with E-state index in [1.807, 2.05) is 20.0 Å². The molecule has 0 aromatic heterocycles. The standard InChI is InChI=1S/C14H18ClN3O2S/c1-11-10-17(2)6-3-7-18(11)21(19,20)14-5-4-12(9-16)8-13(14)15/h4-5,8,11H,3,6-7,10H2,1-2H3. The number of benzene rings is 1. The van der Waals surface area contributed by atoms with E-state index in [1.54, 1.807) is 0 Å². The molecule has 0 bridgehead atoms. The molecule has 0 amide bonds. The first-order valence-electron chi connectivity index (χ1n) is 6.76. The van der Waals surface area contributed by atoms with Gasteiger partial charge in [0.15, 0.2) is 0 Å². The summed E-state index contributed by atoms with van der Waals surface area (Å²) in [7, 11) is -1.66. The number of hydrogen-bond donors (Lipinski definition) is 0. The van der Waals surface area contributed by atoms with Crippen LogP contribution in [0.4, 0.5) is 0 Å². The number of sulfonamides is 1. The Hall–Kier alpha value is -1.13. The zero-order valence-corrected chi connectivity index (χ0v) is 13.7. The van der Waals surface area contributed by atoms with Gasteiger partial charge in [-0.15, -0.1) is 0 Å². The summed E-state index contributed by atoms with van der Waals surface area (Å²) in [4.78, 5) is 2.19. The molecule has 1 heterocycles. The van der Waals surface area contributed by atoms with E-state index < -0.39 is 10.0 Å². The third-order valence-electron chi connectivity index (χ3n) is 3.63. The molecule has 1 saturated heterocycles. The largest absolute Gasteiger partial charge is 0.305 e. The van der Waals surface area contributed by atoms with Crippen molar-refractivity contribution in [3.63, 3.8) is 0 Å². The molecule has 1 aromatic carbocycles. The minimum Gasteiger partial charge on any atom is -0.305 e. The molecule has 1 unspecified atom stereocenters. The number of hydrogen-bond acceptors (Lipinski definition) is 4. The topological polar surface area (TPSA) is 64.4 Å². The average molecular weight is 328 g/mol. The average Bonchev–Trinajstić information content (AvgIpc) is 2.59. The highest BCUT2D eigenvalue weighted by Gasteiger charge is 2.32. The normalized spacial score (nSPS) is 21.7. The van der Waals surface area contributed by atoms with Gasteiger partial charge in [0.2, 0.25) is 10.0 Å². The molecular weight excluding hydrogens is 310 g/mol. The van der Waals surface area contributed by atoms with Crippen LogP contribution in [0.3, 0.4) is 0 Å². The van der Waals surface area contributed by atoms with Crippen molar-refractivity contribution in [1.82, 2.24) is 9.21 Å². The van der Waals surface area contributed by atoms with Crippen molar-refractivity contribution in [2.45, 2.75) is 24.3 Å². The van der Waals surface area contributed by atoms with E-state index in [9.17, 15) is 8.42 Å². The van der Waals surface area contributed by atoms with Gasteiger partial charge in [-0.2, -0.15) is 9.57 Å². The number of halogens is 1. The molecule has 1 aliphatic rings. The van der Waals surface area contributed by atoms with Gasteiger partial charge in [0.05, 0.1) is 16.7 Å². The van der Waals surface area contributed by atoms with E-state index in [2.05, 4.69) is 4.90 Å². The van der Waals surface area contributed by atoms with Crippen LogP contribution in [0.1, 0.15) is 18.9 Å². The molecule has 1 atom stereocenters. The first-order chi connectivity index (χ1) is 9.86. The van der Waals surface area contributed by atoms with E-state index >= 15 is 0 Å². The van der Waals surface area contributed by atoms with E-state index in [-0.39, 0.29) is 16.0 Å². The Labute approximate surface area is 130 Å². The summed E-state index contributed by atoms with van der Waals surface area (Å²) in [6.45, 7) is 3.94. The van der Waals surface area contributed by atoms with Crippen LogP contribution in [0.25, 0.3) is 0 Å². The minimum absolute atomic E-state index is 0.0690. The predicted octanol–water partition coefficient (Wildman–Crippen LogP) is 1.93. The summed E-state index contributed by atoms with van der Waals surface area (Å²) in [5.74, 6) is 0. The van der Waals surface area contributed by atoms with Crippen LogP contribution >= 0.6 is 11.6 Å². The number of rotatable bonds is 2. The lowest BCUT2D eigenvalue weighted by Crippen LogP contribution is -2.41. The van der Waals surface area contributed by atoms with Gasteiger partial charge in [-0.3, -0.25) is 0 Å². The third-order valence-corrected chi connectivity index (χ3v) is 6.13. The maximum absolute atomic E-state index is 12.8. The summed E-state index contributed by atoms with van der Waals surface area (Å²) in [6, 6.07) is 6.12. The molecule has 0 spiro atoms. The molecule has 0 N–H and O–H groups in total. The summed E-state index contributed by atoms with van der Waals surface area (Å²) in [5.41, 5.74) is 0.350. The molecule has 1 aromatic rings. The Bertz CT molecular complexity index is 669. The van der Waals surface area contributed by atoms with E-state index in [4.69, 9.17) is 16.9 Å². The highest BCUT2D eigenvalue weighted by Crippen LogP contribution is 2.27. The fraction of sp³-hybridized carbons (Fsp3) is 0.500. The third kappa shape index (κ3) is 3.38. The van der Waals surface area contributed by atoms with Crippen molar-refractivity contribution in [3.8, 4) is 6.07 Å². The van der Waals surface area contributed by atoms with Crippen LogP contribution < -0.4 is 0 Å². The molecule has 114 valence electrons. The quantitative estimate of drug-likeness (QED) is 0.832. The Balaban J connectivity index is 2.39. The van der Waals surface area contributed by atoms with Crippen molar-refractivity contribution < 1.29 is 8.42 Å². The van der Waals surface area contributed by atoms with Gasteiger partial charge in [-0.05, 0) is 45.1 Å². The molecule has 1 aliphatic heterocycles. The van der Waals surface area contributed by atoms with Gasteiger partial charge in [0, 0.05) is 19.1 Å². The molecule has 0 saturated carbocycles. The minimum atomic E-state index is -3.65. The maximum atomic E-state index is 12.8. The van der Waals surface area contributed by atoms with Gasteiger partial charge in [-0.1, -0.05) is 11.6 Å². The van der Waals surface area contributed by atoms with Crippen molar-refractivity contribution >= 4 is 21.6 Å². The van der Waals surface area contributed by atoms with Gasteiger partial charge < -0.3 is 4.90 Å². The summed E-state index contributed by atoms with van der Waals surface area (Å²) >= 11 is 6.06. The highest BCUT2D eigenvalue weighted by molar-refractivity contribution is 7.89. The Kier molecular flexibility index (Phi) is 4.89. The first kappa shape index (κ1) is 16.2. The first-order valence-corrected chi connectivity index (χ1v) is 8.58. The zero-order chi connectivity index (χ0) is 15.6. The Morgan fingerprint density at radius 1 is 1.38 bits per heavy atom. The fourth-order valence-corrected chi connectivity index (χ4v) is 4.79. The predicted molar refractivity (Wildman–Crippen MR) is 81.6 cm³/mol. The molecule has 7 heteroatoms. The molecule has 21 heavy (non-hydrogen) atoms. The molecular formula is C14H18ClN3O2S. The van der Waals surface area contributed by atoms with Gasteiger partial charge in [-0.25, -0.2) is 8.42 Å². The molecule has 0 aliphatic carbocycles. The summed E-state index contributed by atoms with van der Waals surface area (Å²) in [5, 5.41) is 8.93. The Morgan fingerprint density at radius 3 is 2.71 bits per heavy atom. The SMILES string of the molecule is CC1CN(C)CCCN1S(=O)(=O)c1ccc(C#N)cc1Cl. The highest BCUT2D eigenvalue weighted by atomic mass is 35.5. The fourth-order valence-electron chi connectivity index (χ4n) is 2.61. The second-order valence-electron chi connectivity index (χ2n) is 5.34. The van der Waals surface area contributed by atoms with E-state index in [0.717, 1.165) is 13.0 Å². The molecule has 2 rings (SSSR count). The van der Waals surface area contributed by atoms with Crippen LogP contribution in [0.15, 0.2) is 23.1 Å². The smallest absolute Gasteiger partial charge is 0.244 e.